The first-order valence-electron chi connectivity index (χ1n) is 2.97. The van der Waals surface area contributed by atoms with Crippen LogP contribution in [0.25, 0.3) is 0 Å². The van der Waals surface area contributed by atoms with Crippen LogP contribution >= 0.6 is 37.7 Å². The molecule has 0 saturated heterocycles. The van der Waals surface area contributed by atoms with Gasteiger partial charge in [0.1, 0.15) is 0 Å². The molecule has 0 heterocycles. The molecule has 1 aromatic rings. The van der Waals surface area contributed by atoms with E-state index in [1.807, 2.05) is 0 Å². The van der Waals surface area contributed by atoms with Crippen LogP contribution in [-0.2, 0) is 9.64 Å². The Kier molecular flexibility index (Phi) is 2.34. The average Bonchev–Trinajstić information content (AvgIpc) is 1.85. The second-order valence-electron chi connectivity index (χ2n) is 2.45. The Morgan fingerprint density at radius 1 is 0.917 bits per heavy atom. The third-order valence-electron chi connectivity index (χ3n) is 1.24. The van der Waals surface area contributed by atoms with Crippen LogP contribution in [0, 0.1) is 0 Å². The maximum atomic E-state index is 5.83. The Labute approximate surface area is 85.2 Å². The van der Waals surface area contributed by atoms with Crippen molar-refractivity contribution in [3.05, 3.63) is 30.3 Å². The molecule has 0 radical (unpaired) electrons. The molecule has 0 fully saturated rings. The number of benzene rings is 1. The number of halogens is 4. The summed E-state index contributed by atoms with van der Waals surface area (Å²) in [7, 11) is 18.0. The molecule has 1 aromatic carbocycles. The van der Waals surface area contributed by atoms with Gasteiger partial charge in [0.2, 0.25) is 0 Å². The maximum absolute atomic E-state index is 5.83. The van der Waals surface area contributed by atoms with Gasteiger partial charge in [0.05, 0.1) is 0 Å². The zero-order valence-corrected chi connectivity index (χ0v) is 10.9. The average molecular weight is 331 g/mol. The molecule has 0 saturated carbocycles. The first-order chi connectivity index (χ1) is 5.09. The number of rotatable bonds is 1. The van der Waals surface area contributed by atoms with E-state index in [4.69, 9.17) is 42.0 Å². The van der Waals surface area contributed by atoms with Crippen LogP contribution in [0.5, 0.6) is 0 Å². The molecule has 1 nitrogen and oxygen atoms in total. The molecule has 0 atom stereocenters. The topological polar surface area (TPSA) is 26.0 Å². The van der Waals surface area contributed by atoms with Crippen molar-refractivity contribution in [2.45, 2.75) is 0 Å². The van der Waals surface area contributed by atoms with Crippen LogP contribution in [-0.4, -0.2) is 0 Å². The molecule has 0 amide bonds. The van der Waals surface area contributed by atoms with Gasteiger partial charge in [-0.25, -0.2) is 0 Å². The van der Waals surface area contributed by atoms with Crippen molar-refractivity contribution < 1.29 is 9.64 Å². The van der Waals surface area contributed by atoms with Gasteiger partial charge in [0.25, 0.3) is 0 Å². The van der Waals surface area contributed by atoms with E-state index in [9.17, 15) is 0 Å². The SMILES string of the molecule is [NH2][Mo]([Cl])([Cl])([Cl])([Cl])[c]1ccccc1. The summed E-state index contributed by atoms with van der Waals surface area (Å²) in [6.07, 6.45) is 0. The molecule has 0 aliphatic carbocycles. The standard InChI is InChI=1S/C6H5.4ClH.Mo.H2N/c1-2-4-6-5-3-1;;;;;;/h1-5H;4*1H;;1H2/q;;;;;+5;-1/p-4. The van der Waals surface area contributed by atoms with E-state index in [0.717, 1.165) is 0 Å². The van der Waals surface area contributed by atoms with Crippen molar-refractivity contribution in [1.82, 2.24) is 0 Å². The second-order valence-corrected chi connectivity index (χ2v) is 33.6. The Morgan fingerprint density at radius 3 is 1.58 bits per heavy atom. The van der Waals surface area contributed by atoms with Crippen molar-refractivity contribution in [1.29, 1.82) is 0 Å². The summed E-state index contributed by atoms with van der Waals surface area (Å²) < 4.78 is 5.99. The quantitative estimate of drug-likeness (QED) is 0.787. The Hall–Kier alpha value is 1.03. The van der Waals surface area contributed by atoms with Gasteiger partial charge in [-0.05, 0) is 0 Å². The van der Waals surface area contributed by atoms with Gasteiger partial charge in [-0.15, -0.1) is 0 Å². The molecule has 0 aliphatic heterocycles. The van der Waals surface area contributed by atoms with E-state index in [1.54, 1.807) is 30.3 Å². The van der Waals surface area contributed by atoms with Crippen LogP contribution in [0.4, 0.5) is 0 Å². The van der Waals surface area contributed by atoms with Gasteiger partial charge in [-0.3, -0.25) is 0 Å². The van der Waals surface area contributed by atoms with Gasteiger partial charge in [0, 0.05) is 0 Å². The molecule has 70 valence electrons. The molecular weight excluding hydrogens is 324 g/mol. The molecule has 0 unspecified atom stereocenters. The van der Waals surface area contributed by atoms with Crippen molar-refractivity contribution in [2.75, 3.05) is 0 Å². The minimum atomic E-state index is -5.36. The Morgan fingerprint density at radius 2 is 1.33 bits per heavy atom. The van der Waals surface area contributed by atoms with E-state index < -0.39 is 9.64 Å². The third kappa shape index (κ3) is 3.06. The van der Waals surface area contributed by atoms with Crippen molar-refractivity contribution in [3.8, 4) is 0 Å². The minimum absolute atomic E-state index is 0.394. The molecule has 6 heteroatoms. The Bertz CT molecular complexity index is 289. The van der Waals surface area contributed by atoms with Crippen LogP contribution in [0.3, 0.4) is 0 Å². The van der Waals surface area contributed by atoms with Gasteiger partial charge in [-0.2, -0.15) is 0 Å². The summed E-state index contributed by atoms with van der Waals surface area (Å²) in [6, 6.07) is 8.48. The normalized spacial score (nSPS) is 18.1. The molecule has 12 heavy (non-hydrogen) atoms. The van der Waals surface area contributed by atoms with Crippen LogP contribution in [0.15, 0.2) is 30.3 Å². The van der Waals surface area contributed by atoms with E-state index in [-0.39, 0.29) is 0 Å². The summed E-state index contributed by atoms with van der Waals surface area (Å²) in [5.74, 6) is 0. The van der Waals surface area contributed by atoms with Gasteiger partial charge in [-0.1, -0.05) is 0 Å². The van der Waals surface area contributed by atoms with Crippen molar-refractivity contribution >= 4 is 41.6 Å². The van der Waals surface area contributed by atoms with Crippen molar-refractivity contribution in [2.24, 2.45) is 4.29 Å². The third-order valence-corrected chi connectivity index (χ3v) is 8.54. The number of hydrogen-bond donors (Lipinski definition) is 1. The summed E-state index contributed by atoms with van der Waals surface area (Å²) >= 11 is 0. The Balaban J connectivity index is 3.36. The molecule has 0 aliphatic rings. The summed E-state index contributed by atoms with van der Waals surface area (Å²) in [6.45, 7) is 0. The van der Waals surface area contributed by atoms with Gasteiger partial charge < -0.3 is 0 Å². The molecule has 0 aromatic heterocycles. The second kappa shape index (κ2) is 2.53. The van der Waals surface area contributed by atoms with Crippen LogP contribution in [0.1, 0.15) is 0 Å². The zero-order valence-electron chi connectivity index (χ0n) is 5.88. The fourth-order valence-corrected chi connectivity index (χ4v) is 4.92. The molecule has 2 N–H and O–H groups in total. The van der Waals surface area contributed by atoms with E-state index in [2.05, 4.69) is 0 Å². The van der Waals surface area contributed by atoms with Crippen molar-refractivity contribution in [3.63, 3.8) is 0 Å². The summed E-state index contributed by atoms with van der Waals surface area (Å²) in [5.41, 5.74) is 0. The molecule has 1 rings (SSSR count). The zero-order chi connectivity index (χ0) is 9.52. The van der Waals surface area contributed by atoms with E-state index in [0.29, 0.717) is 3.95 Å². The van der Waals surface area contributed by atoms with Crippen LogP contribution < -0.4 is 8.25 Å². The van der Waals surface area contributed by atoms with Gasteiger partial charge in [0.15, 0.2) is 0 Å². The first kappa shape index (κ1) is 11.1. The van der Waals surface area contributed by atoms with E-state index in [1.165, 1.54) is 0 Å². The fourth-order valence-electron chi connectivity index (χ4n) is 0.705. The summed E-state index contributed by atoms with van der Waals surface area (Å²) in [5, 5.41) is 0. The van der Waals surface area contributed by atoms with Crippen LogP contribution in [0.2, 0.25) is 0 Å². The predicted molar refractivity (Wildman–Crippen MR) is 53.7 cm³/mol. The number of nitrogens with two attached hydrogens (primary N) is 1. The monoisotopic (exact) mass is 331 g/mol. The molecular formula is C6H7Cl4MoN. The first-order valence-corrected chi connectivity index (χ1v) is 15.5. The summed E-state index contributed by atoms with van der Waals surface area (Å²) in [4.78, 5) is 0. The number of hydrogen-bond acceptors (Lipinski definition) is 1. The molecule has 0 spiro atoms. The van der Waals surface area contributed by atoms with Gasteiger partial charge >= 0.3 is 85.9 Å². The fraction of sp³-hybridized carbons (Fsp3) is 0. The van der Waals surface area contributed by atoms with E-state index >= 15 is 0 Å². The predicted octanol–water partition coefficient (Wildman–Crippen LogP) is 3.03. The molecule has 0 bridgehead atoms.